The Morgan fingerprint density at radius 2 is 2.31 bits per heavy atom. The zero-order valence-corrected chi connectivity index (χ0v) is 8.89. The zero-order chi connectivity index (χ0) is 9.26. The molecule has 13 heavy (non-hydrogen) atoms. The van der Waals surface area contributed by atoms with Crippen molar-refractivity contribution in [2.45, 2.75) is 25.1 Å². The largest absolute Gasteiger partial charge is 0.390 e. The van der Waals surface area contributed by atoms with Crippen molar-refractivity contribution >= 4 is 11.8 Å². The summed E-state index contributed by atoms with van der Waals surface area (Å²) in [4.78, 5) is 2.46. The highest BCUT2D eigenvalue weighted by molar-refractivity contribution is 7.99. The number of rotatable bonds is 1. The van der Waals surface area contributed by atoms with Gasteiger partial charge in [0.05, 0.1) is 6.10 Å². The molecule has 0 aliphatic carbocycles. The molecule has 0 aromatic heterocycles. The average molecular weight is 202 g/mol. The molecule has 4 heteroatoms. The first-order valence-electron chi connectivity index (χ1n) is 5.01. The van der Waals surface area contributed by atoms with Gasteiger partial charge in [0.25, 0.3) is 0 Å². The summed E-state index contributed by atoms with van der Waals surface area (Å²) in [5, 5.41) is 13.0. The molecule has 0 aromatic rings. The summed E-state index contributed by atoms with van der Waals surface area (Å²) in [5.41, 5.74) is 0. The van der Waals surface area contributed by atoms with Gasteiger partial charge in [-0.1, -0.05) is 0 Å². The van der Waals surface area contributed by atoms with E-state index < -0.39 is 0 Å². The van der Waals surface area contributed by atoms with E-state index in [1.54, 1.807) is 0 Å². The summed E-state index contributed by atoms with van der Waals surface area (Å²) in [6.07, 6.45) is -0.162. The van der Waals surface area contributed by atoms with E-state index in [2.05, 4.69) is 17.1 Å². The molecular formula is C9H18N2OS. The number of aliphatic hydroxyl groups is 1. The Kier molecular flexibility index (Phi) is 3.14. The molecule has 0 saturated carbocycles. The highest BCUT2D eigenvalue weighted by Gasteiger charge is 2.34. The molecule has 0 amide bonds. The Balaban J connectivity index is 1.97. The fraction of sp³-hybridized carbons (Fsp3) is 1.00. The predicted octanol–water partition coefficient (Wildman–Crippen LogP) is -0.244. The summed E-state index contributed by atoms with van der Waals surface area (Å²) < 4.78 is 0. The van der Waals surface area contributed by atoms with Gasteiger partial charge in [0.2, 0.25) is 0 Å². The topological polar surface area (TPSA) is 35.5 Å². The van der Waals surface area contributed by atoms with Gasteiger partial charge in [0.1, 0.15) is 0 Å². The van der Waals surface area contributed by atoms with Crippen LogP contribution in [0.15, 0.2) is 0 Å². The third-order valence-electron chi connectivity index (χ3n) is 3.00. The smallest absolute Gasteiger partial charge is 0.0831 e. The van der Waals surface area contributed by atoms with Gasteiger partial charge in [-0.15, -0.1) is 0 Å². The van der Waals surface area contributed by atoms with Gasteiger partial charge in [0.15, 0.2) is 0 Å². The number of hydrogen-bond acceptors (Lipinski definition) is 4. The van der Waals surface area contributed by atoms with Crippen LogP contribution in [0.5, 0.6) is 0 Å². The van der Waals surface area contributed by atoms with Gasteiger partial charge < -0.3 is 10.4 Å². The van der Waals surface area contributed by atoms with Crippen LogP contribution in [-0.4, -0.2) is 59.3 Å². The lowest BCUT2D eigenvalue weighted by Crippen LogP contribution is -2.51. The van der Waals surface area contributed by atoms with Crippen LogP contribution >= 0.6 is 11.8 Å². The maximum atomic E-state index is 9.75. The minimum atomic E-state index is -0.162. The second kappa shape index (κ2) is 4.17. The summed E-state index contributed by atoms with van der Waals surface area (Å²) >= 11 is 2.02. The van der Waals surface area contributed by atoms with Crippen LogP contribution < -0.4 is 5.32 Å². The van der Waals surface area contributed by atoms with Crippen LogP contribution in [0.2, 0.25) is 0 Å². The number of nitrogens with zero attached hydrogens (tertiary/aromatic N) is 1. The molecule has 2 fully saturated rings. The molecule has 0 bridgehead atoms. The maximum absolute atomic E-state index is 9.75. The Morgan fingerprint density at radius 1 is 1.46 bits per heavy atom. The third kappa shape index (κ3) is 2.01. The molecule has 2 rings (SSSR count). The molecule has 2 aliphatic rings. The van der Waals surface area contributed by atoms with Crippen molar-refractivity contribution in [1.29, 1.82) is 0 Å². The lowest BCUT2D eigenvalue weighted by Gasteiger charge is -2.38. The van der Waals surface area contributed by atoms with E-state index >= 15 is 0 Å². The molecule has 3 nitrogen and oxygen atoms in total. The van der Waals surface area contributed by atoms with Crippen LogP contribution in [-0.2, 0) is 0 Å². The fourth-order valence-electron chi connectivity index (χ4n) is 2.22. The Hall–Kier alpha value is 0.230. The summed E-state index contributed by atoms with van der Waals surface area (Å²) in [7, 11) is 0. The van der Waals surface area contributed by atoms with Crippen molar-refractivity contribution in [2.24, 2.45) is 0 Å². The van der Waals surface area contributed by atoms with Gasteiger partial charge in [-0.3, -0.25) is 4.90 Å². The van der Waals surface area contributed by atoms with Crippen molar-refractivity contribution in [2.75, 3.05) is 31.1 Å². The Labute approximate surface area is 83.9 Å². The molecule has 2 heterocycles. The van der Waals surface area contributed by atoms with Crippen molar-refractivity contribution < 1.29 is 5.11 Å². The normalized spacial score (nSPS) is 42.5. The van der Waals surface area contributed by atoms with E-state index in [-0.39, 0.29) is 6.10 Å². The Morgan fingerprint density at radius 3 is 2.92 bits per heavy atom. The van der Waals surface area contributed by atoms with Crippen molar-refractivity contribution in [3.05, 3.63) is 0 Å². The molecule has 0 radical (unpaired) electrons. The Bertz CT molecular complexity index is 179. The molecule has 76 valence electrons. The van der Waals surface area contributed by atoms with Crippen molar-refractivity contribution in [1.82, 2.24) is 10.2 Å². The number of β-amino-alcohol motifs (C(OH)–C–C–N with tert-alkyl or cyclic N) is 1. The number of nitrogens with one attached hydrogen (secondary N) is 1. The number of hydrogen-bond donors (Lipinski definition) is 2. The standard InChI is InChI=1S/C9H18N2OS/c1-7-6-13-3-2-11(7)8-4-10-5-9(8)12/h7-10,12H,2-6H2,1H3. The highest BCUT2D eigenvalue weighted by atomic mass is 32.2. The highest BCUT2D eigenvalue weighted by Crippen LogP contribution is 2.21. The molecule has 0 aromatic carbocycles. The summed E-state index contributed by atoms with van der Waals surface area (Å²) in [6, 6.07) is 0.981. The predicted molar refractivity (Wildman–Crippen MR) is 56.2 cm³/mol. The molecule has 2 N–H and O–H groups in total. The van der Waals surface area contributed by atoms with Gasteiger partial charge >= 0.3 is 0 Å². The molecule has 2 aliphatic heterocycles. The second-order valence-corrected chi connectivity index (χ2v) is 5.10. The van der Waals surface area contributed by atoms with Crippen molar-refractivity contribution in [3.63, 3.8) is 0 Å². The number of aliphatic hydroxyl groups excluding tert-OH is 1. The average Bonchev–Trinajstić information content (AvgIpc) is 2.52. The first-order valence-corrected chi connectivity index (χ1v) is 6.17. The maximum Gasteiger partial charge on any atom is 0.0831 e. The minimum Gasteiger partial charge on any atom is -0.390 e. The quantitative estimate of drug-likeness (QED) is 0.615. The first kappa shape index (κ1) is 9.77. The van der Waals surface area contributed by atoms with E-state index in [1.807, 2.05) is 11.8 Å². The molecule has 2 saturated heterocycles. The molecule has 0 spiro atoms. The SMILES string of the molecule is CC1CSCCN1C1CNCC1O. The lowest BCUT2D eigenvalue weighted by molar-refractivity contribution is 0.0670. The zero-order valence-electron chi connectivity index (χ0n) is 8.07. The van der Waals surface area contributed by atoms with Crippen molar-refractivity contribution in [3.8, 4) is 0 Å². The van der Waals surface area contributed by atoms with E-state index in [9.17, 15) is 5.11 Å². The van der Waals surface area contributed by atoms with Crippen LogP contribution in [0.4, 0.5) is 0 Å². The van der Waals surface area contributed by atoms with E-state index in [4.69, 9.17) is 0 Å². The molecular weight excluding hydrogens is 184 g/mol. The van der Waals surface area contributed by atoms with E-state index in [0.29, 0.717) is 12.1 Å². The van der Waals surface area contributed by atoms with Gasteiger partial charge in [0, 0.05) is 43.2 Å². The lowest BCUT2D eigenvalue weighted by atomic mass is 10.1. The molecule has 3 unspecified atom stereocenters. The van der Waals surface area contributed by atoms with Gasteiger partial charge in [-0.05, 0) is 6.92 Å². The van der Waals surface area contributed by atoms with Crippen LogP contribution in [0, 0.1) is 0 Å². The summed E-state index contributed by atoms with van der Waals surface area (Å²) in [5.74, 6) is 2.43. The van der Waals surface area contributed by atoms with E-state index in [1.165, 1.54) is 11.5 Å². The first-order chi connectivity index (χ1) is 6.29. The van der Waals surface area contributed by atoms with Crippen LogP contribution in [0.1, 0.15) is 6.92 Å². The van der Waals surface area contributed by atoms with Crippen LogP contribution in [0.25, 0.3) is 0 Å². The fourth-order valence-corrected chi connectivity index (χ4v) is 3.26. The van der Waals surface area contributed by atoms with Gasteiger partial charge in [-0.25, -0.2) is 0 Å². The monoisotopic (exact) mass is 202 g/mol. The number of thioether (sulfide) groups is 1. The minimum absolute atomic E-state index is 0.162. The van der Waals surface area contributed by atoms with Gasteiger partial charge in [-0.2, -0.15) is 11.8 Å². The van der Waals surface area contributed by atoms with E-state index in [0.717, 1.165) is 19.6 Å². The van der Waals surface area contributed by atoms with Crippen LogP contribution in [0.3, 0.4) is 0 Å². The summed E-state index contributed by atoms with van der Waals surface area (Å²) in [6.45, 7) is 5.11. The third-order valence-corrected chi connectivity index (χ3v) is 4.19. The second-order valence-electron chi connectivity index (χ2n) is 3.95. The molecule has 3 atom stereocenters.